The van der Waals surface area contributed by atoms with Crippen LogP contribution in [0.1, 0.15) is 38.9 Å². The predicted octanol–water partition coefficient (Wildman–Crippen LogP) is 1.99. The Kier molecular flexibility index (Phi) is 5.20. The largest absolute Gasteiger partial charge is 0.377 e. The molecule has 0 aromatic carbocycles. The van der Waals surface area contributed by atoms with E-state index in [1.165, 1.54) is 18.7 Å². The first kappa shape index (κ1) is 13.6. The molecule has 1 saturated heterocycles. The van der Waals surface area contributed by atoms with Gasteiger partial charge in [0.1, 0.15) is 5.82 Å². The molecule has 1 aromatic heterocycles. The molecule has 1 aromatic rings. The quantitative estimate of drug-likeness (QED) is 0.805. The van der Waals surface area contributed by atoms with Crippen molar-refractivity contribution in [2.75, 3.05) is 13.2 Å². The van der Waals surface area contributed by atoms with Crippen LogP contribution in [0.3, 0.4) is 0 Å². The van der Waals surface area contributed by atoms with Crippen LogP contribution < -0.4 is 5.32 Å². The second kappa shape index (κ2) is 6.90. The molecular formula is C14H25N3O. The van der Waals surface area contributed by atoms with Gasteiger partial charge in [-0.2, -0.15) is 0 Å². The fourth-order valence-corrected chi connectivity index (χ4v) is 2.60. The molecule has 2 rings (SSSR count). The lowest BCUT2D eigenvalue weighted by atomic mass is 10.0. The second-order valence-electron chi connectivity index (χ2n) is 4.95. The van der Waals surface area contributed by atoms with E-state index < -0.39 is 0 Å². The van der Waals surface area contributed by atoms with Gasteiger partial charge in [-0.1, -0.05) is 6.92 Å². The third kappa shape index (κ3) is 3.33. The summed E-state index contributed by atoms with van der Waals surface area (Å²) in [6, 6.07) is 0.403. The zero-order valence-corrected chi connectivity index (χ0v) is 11.6. The first-order valence-corrected chi connectivity index (χ1v) is 7.20. The molecule has 2 unspecified atom stereocenters. The van der Waals surface area contributed by atoms with Gasteiger partial charge in [-0.3, -0.25) is 0 Å². The minimum absolute atomic E-state index is 0.360. The van der Waals surface area contributed by atoms with E-state index in [-0.39, 0.29) is 0 Å². The Bertz CT molecular complexity index is 345. The smallest absolute Gasteiger partial charge is 0.110 e. The zero-order valence-electron chi connectivity index (χ0n) is 11.6. The maximum Gasteiger partial charge on any atom is 0.110 e. The van der Waals surface area contributed by atoms with E-state index in [2.05, 4.69) is 34.9 Å². The van der Waals surface area contributed by atoms with Crippen molar-refractivity contribution < 1.29 is 4.74 Å². The molecule has 102 valence electrons. The lowest BCUT2D eigenvalue weighted by Gasteiger charge is -2.24. The van der Waals surface area contributed by atoms with Crippen LogP contribution in [0.4, 0.5) is 0 Å². The number of rotatable bonds is 7. The van der Waals surface area contributed by atoms with Gasteiger partial charge in [0.2, 0.25) is 0 Å². The van der Waals surface area contributed by atoms with Crippen molar-refractivity contribution in [1.29, 1.82) is 0 Å². The molecule has 1 N–H and O–H groups in total. The van der Waals surface area contributed by atoms with Crippen LogP contribution in [0.25, 0.3) is 0 Å². The van der Waals surface area contributed by atoms with Crippen LogP contribution in [-0.2, 0) is 17.7 Å². The van der Waals surface area contributed by atoms with Gasteiger partial charge in [0.05, 0.1) is 6.10 Å². The van der Waals surface area contributed by atoms with Gasteiger partial charge in [-0.05, 0) is 32.7 Å². The third-order valence-electron chi connectivity index (χ3n) is 3.62. The number of aromatic nitrogens is 2. The molecule has 0 bridgehead atoms. The average molecular weight is 251 g/mol. The summed E-state index contributed by atoms with van der Waals surface area (Å²) < 4.78 is 8.05. The number of hydrogen-bond acceptors (Lipinski definition) is 3. The molecule has 4 nitrogen and oxygen atoms in total. The first-order valence-electron chi connectivity index (χ1n) is 7.20. The van der Waals surface area contributed by atoms with E-state index in [1.807, 2.05) is 6.20 Å². The van der Waals surface area contributed by atoms with Crippen molar-refractivity contribution in [3.05, 3.63) is 18.2 Å². The zero-order chi connectivity index (χ0) is 12.8. The summed E-state index contributed by atoms with van der Waals surface area (Å²) in [5.41, 5.74) is 0. The maximum atomic E-state index is 5.83. The number of aryl methyl sites for hydroxylation is 1. The van der Waals surface area contributed by atoms with Gasteiger partial charge in [0, 0.05) is 38.0 Å². The van der Waals surface area contributed by atoms with Crippen LogP contribution in [0.5, 0.6) is 0 Å². The second-order valence-corrected chi connectivity index (χ2v) is 4.95. The van der Waals surface area contributed by atoms with Crippen molar-refractivity contribution in [2.45, 2.75) is 58.2 Å². The summed E-state index contributed by atoms with van der Waals surface area (Å²) >= 11 is 0. The van der Waals surface area contributed by atoms with E-state index in [9.17, 15) is 0 Å². The number of nitrogens with zero attached hydrogens (tertiary/aromatic N) is 2. The number of ether oxygens (including phenoxy) is 1. The number of nitrogens with one attached hydrogen (secondary N) is 1. The molecule has 0 saturated carbocycles. The van der Waals surface area contributed by atoms with Crippen molar-refractivity contribution in [1.82, 2.24) is 14.9 Å². The summed E-state index contributed by atoms with van der Waals surface area (Å²) in [5, 5.41) is 3.62. The molecule has 2 heterocycles. The standard InChI is InChI=1S/C14H25N3O/c1-3-7-15-12(13-6-5-10-18-13)11-14-16-8-9-17(14)4-2/h8-9,12-13,15H,3-7,10-11H2,1-2H3. The van der Waals surface area contributed by atoms with Gasteiger partial charge in [0.15, 0.2) is 0 Å². The van der Waals surface area contributed by atoms with Crippen LogP contribution in [0, 0.1) is 0 Å². The minimum atomic E-state index is 0.360. The van der Waals surface area contributed by atoms with Crippen LogP contribution in [-0.4, -0.2) is 34.8 Å². The first-order chi connectivity index (χ1) is 8.85. The molecule has 4 heteroatoms. The Morgan fingerprint density at radius 1 is 1.56 bits per heavy atom. The van der Waals surface area contributed by atoms with Gasteiger partial charge in [-0.25, -0.2) is 4.98 Å². The highest BCUT2D eigenvalue weighted by Crippen LogP contribution is 2.18. The van der Waals surface area contributed by atoms with E-state index in [4.69, 9.17) is 4.74 Å². The highest BCUT2D eigenvalue weighted by Gasteiger charge is 2.26. The van der Waals surface area contributed by atoms with Crippen molar-refractivity contribution in [3.8, 4) is 0 Å². The Balaban J connectivity index is 1.99. The fourth-order valence-electron chi connectivity index (χ4n) is 2.60. The summed E-state index contributed by atoms with van der Waals surface area (Å²) in [4.78, 5) is 4.47. The molecule has 18 heavy (non-hydrogen) atoms. The highest BCUT2D eigenvalue weighted by atomic mass is 16.5. The van der Waals surface area contributed by atoms with Gasteiger partial charge >= 0.3 is 0 Å². The molecule has 0 aliphatic carbocycles. The molecule has 0 radical (unpaired) electrons. The van der Waals surface area contributed by atoms with Crippen LogP contribution in [0.15, 0.2) is 12.4 Å². The summed E-state index contributed by atoms with van der Waals surface area (Å²) in [7, 11) is 0. The Hall–Kier alpha value is -0.870. The summed E-state index contributed by atoms with van der Waals surface area (Å²) in [6.07, 6.45) is 8.80. The molecule has 1 aliphatic rings. The van der Waals surface area contributed by atoms with Crippen LogP contribution in [0.2, 0.25) is 0 Å². The Labute approximate surface area is 110 Å². The lowest BCUT2D eigenvalue weighted by molar-refractivity contribution is 0.0775. The normalized spacial score (nSPS) is 21.3. The van der Waals surface area contributed by atoms with Crippen molar-refractivity contribution in [2.24, 2.45) is 0 Å². The minimum Gasteiger partial charge on any atom is -0.377 e. The summed E-state index contributed by atoms with van der Waals surface area (Å²) in [6.45, 7) is 7.31. The fraction of sp³-hybridized carbons (Fsp3) is 0.786. The summed E-state index contributed by atoms with van der Waals surface area (Å²) in [5.74, 6) is 1.17. The van der Waals surface area contributed by atoms with E-state index in [0.29, 0.717) is 12.1 Å². The van der Waals surface area contributed by atoms with E-state index in [1.54, 1.807) is 0 Å². The Morgan fingerprint density at radius 3 is 3.11 bits per heavy atom. The maximum absolute atomic E-state index is 5.83. The average Bonchev–Trinajstić information content (AvgIpc) is 3.04. The highest BCUT2D eigenvalue weighted by molar-refractivity contribution is 4.98. The Morgan fingerprint density at radius 2 is 2.44 bits per heavy atom. The van der Waals surface area contributed by atoms with E-state index >= 15 is 0 Å². The van der Waals surface area contributed by atoms with Gasteiger partial charge < -0.3 is 14.6 Å². The van der Waals surface area contributed by atoms with Gasteiger partial charge in [-0.15, -0.1) is 0 Å². The molecule has 1 aliphatic heterocycles. The molecule has 1 fully saturated rings. The SMILES string of the molecule is CCCNC(Cc1nccn1CC)C1CCCO1. The molecule has 2 atom stereocenters. The number of imidazole rings is 1. The van der Waals surface area contributed by atoms with Gasteiger partial charge in [0.25, 0.3) is 0 Å². The third-order valence-corrected chi connectivity index (χ3v) is 3.62. The molecule has 0 spiro atoms. The monoisotopic (exact) mass is 251 g/mol. The van der Waals surface area contributed by atoms with Crippen molar-refractivity contribution >= 4 is 0 Å². The lowest BCUT2D eigenvalue weighted by Crippen LogP contribution is -2.42. The van der Waals surface area contributed by atoms with Crippen molar-refractivity contribution in [3.63, 3.8) is 0 Å². The molecular weight excluding hydrogens is 226 g/mol. The predicted molar refractivity (Wildman–Crippen MR) is 72.7 cm³/mol. The molecule has 0 amide bonds. The van der Waals surface area contributed by atoms with E-state index in [0.717, 1.165) is 32.5 Å². The van der Waals surface area contributed by atoms with Crippen LogP contribution >= 0.6 is 0 Å². The number of hydrogen-bond donors (Lipinski definition) is 1. The topological polar surface area (TPSA) is 39.1 Å².